The van der Waals surface area contributed by atoms with E-state index in [1.807, 2.05) is 30.3 Å². The topological polar surface area (TPSA) is 98.9 Å². The fraction of sp³-hybridized carbons (Fsp3) is 0.417. The molecule has 2 N–H and O–H groups in total. The van der Waals surface area contributed by atoms with Crippen LogP contribution in [-0.2, 0) is 30.1 Å². The molecule has 0 saturated carbocycles. The number of hydrogen-bond donors (Lipinski definition) is 1. The van der Waals surface area contributed by atoms with Crippen molar-refractivity contribution < 1.29 is 21.6 Å². The fourth-order valence-corrected chi connectivity index (χ4v) is 3.47. The number of nitrogens with zero attached hydrogens (tertiary/aromatic N) is 1. The molecule has 2 heterocycles. The third kappa shape index (κ3) is 2.15. The normalized spacial score (nSPS) is 28.2. The minimum absolute atomic E-state index is 0.239. The van der Waals surface area contributed by atoms with E-state index < -0.39 is 22.4 Å². The fourth-order valence-electron chi connectivity index (χ4n) is 2.46. The van der Waals surface area contributed by atoms with Crippen molar-refractivity contribution in [3.63, 3.8) is 0 Å². The quantitative estimate of drug-likeness (QED) is 0.802. The van der Waals surface area contributed by atoms with Crippen LogP contribution in [0.1, 0.15) is 12.0 Å². The molecule has 0 bridgehead atoms. The Kier molecular flexibility index (Phi) is 3.14. The highest BCUT2D eigenvalue weighted by molar-refractivity contribution is 7.82. The van der Waals surface area contributed by atoms with Crippen LogP contribution in [0.5, 0.6) is 0 Å². The van der Waals surface area contributed by atoms with Crippen LogP contribution in [0, 0.1) is 0 Å². The van der Waals surface area contributed by atoms with E-state index in [4.69, 9.17) is 14.1 Å². The zero-order valence-electron chi connectivity index (χ0n) is 10.6. The number of benzene rings is 1. The number of carbonyl (C=O) groups excluding carboxylic acids is 1. The molecule has 2 saturated heterocycles. The number of carbonyl (C=O) groups is 1. The molecule has 1 atom stereocenters. The molecule has 0 amide bonds. The molecule has 0 radical (unpaired) electrons. The number of nitrogens with two attached hydrogens (primary N) is 1. The SMILES string of the molecule is NC1C(=O)CCN(Cc2ccccc2)C12OS(=O)(=O)O2. The largest absolute Gasteiger partial charge is 0.407 e. The van der Waals surface area contributed by atoms with Gasteiger partial charge in [-0.3, -0.25) is 4.79 Å². The summed E-state index contributed by atoms with van der Waals surface area (Å²) in [6.45, 7) is 0.717. The lowest BCUT2D eigenvalue weighted by Gasteiger charge is -2.51. The minimum atomic E-state index is -4.04. The number of hydrogen-bond acceptors (Lipinski definition) is 7. The Balaban J connectivity index is 1.87. The van der Waals surface area contributed by atoms with Crippen molar-refractivity contribution in [3.05, 3.63) is 35.9 Å². The van der Waals surface area contributed by atoms with E-state index in [-0.39, 0.29) is 12.2 Å². The van der Waals surface area contributed by atoms with E-state index >= 15 is 0 Å². The summed E-state index contributed by atoms with van der Waals surface area (Å²) in [5.41, 5.74) is 6.73. The maximum Gasteiger partial charge on any atom is 0.407 e. The first-order valence-corrected chi connectivity index (χ1v) is 7.50. The highest BCUT2D eigenvalue weighted by Crippen LogP contribution is 2.40. The molecule has 0 aliphatic carbocycles. The molecule has 2 aliphatic heterocycles. The molecule has 0 aromatic heterocycles. The van der Waals surface area contributed by atoms with Gasteiger partial charge in [0.15, 0.2) is 5.78 Å². The van der Waals surface area contributed by atoms with Crippen LogP contribution in [0.4, 0.5) is 0 Å². The van der Waals surface area contributed by atoms with Crippen molar-refractivity contribution in [2.45, 2.75) is 24.9 Å². The summed E-state index contributed by atoms with van der Waals surface area (Å²) < 4.78 is 32.1. The van der Waals surface area contributed by atoms with Crippen molar-refractivity contribution in [2.24, 2.45) is 5.73 Å². The predicted octanol–water partition coefficient (Wildman–Crippen LogP) is -0.266. The van der Waals surface area contributed by atoms with Crippen LogP contribution in [0.2, 0.25) is 0 Å². The molecule has 1 unspecified atom stereocenters. The Bertz CT molecular complexity index is 619. The number of ketones is 1. The Morgan fingerprint density at radius 2 is 1.95 bits per heavy atom. The molecule has 108 valence electrons. The molecular weight excluding hydrogens is 284 g/mol. The summed E-state index contributed by atoms with van der Waals surface area (Å²) in [4.78, 5) is 13.3. The standard InChI is InChI=1S/C12H14N2O5S/c13-11-10(15)6-7-14(8-9-4-2-1-3-5-9)12(11)18-20(16,17)19-12/h1-5,11H,6-8,13H2. The minimum Gasteiger partial charge on any atom is -0.316 e. The molecule has 2 fully saturated rings. The van der Waals surface area contributed by atoms with Gasteiger partial charge in [-0.1, -0.05) is 30.3 Å². The lowest BCUT2D eigenvalue weighted by Crippen LogP contribution is -2.74. The van der Waals surface area contributed by atoms with E-state index in [9.17, 15) is 13.2 Å². The second-order valence-electron chi connectivity index (χ2n) is 4.81. The van der Waals surface area contributed by atoms with Gasteiger partial charge in [0, 0.05) is 19.5 Å². The number of likely N-dealkylation sites (tertiary alicyclic amines) is 1. The smallest absolute Gasteiger partial charge is 0.316 e. The lowest BCUT2D eigenvalue weighted by atomic mass is 9.99. The van der Waals surface area contributed by atoms with Gasteiger partial charge in [-0.25, -0.2) is 4.90 Å². The van der Waals surface area contributed by atoms with Crippen LogP contribution in [0.3, 0.4) is 0 Å². The van der Waals surface area contributed by atoms with Gasteiger partial charge >= 0.3 is 10.4 Å². The first-order chi connectivity index (χ1) is 9.43. The van der Waals surface area contributed by atoms with Crippen LogP contribution in [0.15, 0.2) is 30.3 Å². The van der Waals surface area contributed by atoms with Gasteiger partial charge < -0.3 is 5.73 Å². The molecule has 1 aromatic carbocycles. The van der Waals surface area contributed by atoms with Gasteiger partial charge in [0.05, 0.1) is 0 Å². The Labute approximate surface area is 116 Å². The summed E-state index contributed by atoms with van der Waals surface area (Å²) in [7, 11) is -4.04. The average molecular weight is 298 g/mol. The first kappa shape index (κ1) is 13.7. The van der Waals surface area contributed by atoms with E-state index in [0.29, 0.717) is 13.1 Å². The van der Waals surface area contributed by atoms with E-state index in [2.05, 4.69) is 0 Å². The van der Waals surface area contributed by atoms with Crippen LogP contribution >= 0.6 is 0 Å². The summed E-state index contributed by atoms with van der Waals surface area (Å²) in [6, 6.07) is 8.27. The molecule has 8 heteroatoms. The third-order valence-electron chi connectivity index (χ3n) is 3.47. The van der Waals surface area contributed by atoms with Crippen molar-refractivity contribution in [1.29, 1.82) is 0 Å². The van der Waals surface area contributed by atoms with Gasteiger partial charge in [-0.05, 0) is 5.56 Å². The maximum atomic E-state index is 11.7. The molecule has 2 aliphatic rings. The first-order valence-electron chi connectivity index (χ1n) is 6.16. The number of Topliss-reactive ketones (excluding diaryl/α,β-unsaturated/α-hetero) is 1. The van der Waals surface area contributed by atoms with Crippen molar-refractivity contribution in [3.8, 4) is 0 Å². The van der Waals surface area contributed by atoms with Gasteiger partial charge in [0.2, 0.25) is 0 Å². The van der Waals surface area contributed by atoms with E-state index in [1.54, 1.807) is 4.90 Å². The van der Waals surface area contributed by atoms with Gasteiger partial charge in [-0.15, -0.1) is 0 Å². The van der Waals surface area contributed by atoms with Gasteiger partial charge in [0.25, 0.3) is 5.91 Å². The Morgan fingerprint density at radius 1 is 1.30 bits per heavy atom. The van der Waals surface area contributed by atoms with Gasteiger partial charge in [-0.2, -0.15) is 16.8 Å². The van der Waals surface area contributed by atoms with Crippen LogP contribution < -0.4 is 5.73 Å². The monoisotopic (exact) mass is 298 g/mol. The summed E-state index contributed by atoms with van der Waals surface area (Å²) in [6.07, 6.45) is 0.239. The van der Waals surface area contributed by atoms with E-state index in [0.717, 1.165) is 5.56 Å². The molecule has 3 rings (SSSR count). The second-order valence-corrected chi connectivity index (χ2v) is 5.96. The Hall–Kier alpha value is -1.32. The van der Waals surface area contributed by atoms with Crippen LogP contribution in [-0.4, -0.2) is 37.6 Å². The molecule has 1 spiro atoms. The molecule has 20 heavy (non-hydrogen) atoms. The number of piperidine rings is 1. The second kappa shape index (κ2) is 4.61. The van der Waals surface area contributed by atoms with Crippen molar-refractivity contribution in [1.82, 2.24) is 4.90 Å². The summed E-state index contributed by atoms with van der Waals surface area (Å²) >= 11 is 0. The van der Waals surface area contributed by atoms with Crippen molar-refractivity contribution >= 4 is 16.2 Å². The van der Waals surface area contributed by atoms with E-state index in [1.165, 1.54) is 0 Å². The predicted molar refractivity (Wildman–Crippen MR) is 68.3 cm³/mol. The average Bonchev–Trinajstić information content (AvgIpc) is 2.38. The van der Waals surface area contributed by atoms with Crippen molar-refractivity contribution in [2.75, 3.05) is 6.54 Å². The third-order valence-corrected chi connectivity index (χ3v) is 4.35. The lowest BCUT2D eigenvalue weighted by molar-refractivity contribution is -0.297. The van der Waals surface area contributed by atoms with Gasteiger partial charge in [0.1, 0.15) is 6.04 Å². The highest BCUT2D eigenvalue weighted by atomic mass is 32.3. The van der Waals surface area contributed by atoms with Crippen LogP contribution in [0.25, 0.3) is 0 Å². The summed E-state index contributed by atoms with van der Waals surface area (Å²) in [5, 5.41) is 0. The maximum absolute atomic E-state index is 11.7. The Morgan fingerprint density at radius 3 is 2.55 bits per heavy atom. The molecule has 7 nitrogen and oxygen atoms in total. The zero-order valence-corrected chi connectivity index (χ0v) is 11.4. The summed E-state index contributed by atoms with van der Waals surface area (Å²) in [5.74, 6) is -1.96. The molecule has 1 aromatic rings. The molecular formula is C12H14N2O5S. The highest BCUT2D eigenvalue weighted by Gasteiger charge is 2.64. The zero-order chi connectivity index (χ0) is 14.4. The number of rotatable bonds is 2.